The summed E-state index contributed by atoms with van der Waals surface area (Å²) in [7, 11) is 0. The number of allylic oxidation sites excluding steroid dienone is 1. The van der Waals surface area contributed by atoms with Crippen molar-refractivity contribution in [2.75, 3.05) is 18.1 Å². The fourth-order valence-corrected chi connectivity index (χ4v) is 4.00. The Kier molecular flexibility index (Phi) is 6.55. The van der Waals surface area contributed by atoms with Crippen LogP contribution in [0.3, 0.4) is 0 Å². The molecule has 2 aromatic rings. The lowest BCUT2D eigenvalue weighted by Gasteiger charge is -2.19. The Balaban J connectivity index is 1.63. The molecule has 158 valence electrons. The predicted octanol–water partition coefficient (Wildman–Crippen LogP) is 3.63. The number of amides is 1. The van der Waals surface area contributed by atoms with Gasteiger partial charge in [-0.15, -0.1) is 6.58 Å². The maximum atomic E-state index is 12.6. The van der Waals surface area contributed by atoms with Crippen LogP contribution in [-0.2, 0) is 27.3 Å². The number of carbonyl (C=O) groups excluding carboxylic acids is 3. The number of aryl methyl sites for hydroxylation is 2. The van der Waals surface area contributed by atoms with Gasteiger partial charge in [0.1, 0.15) is 0 Å². The van der Waals surface area contributed by atoms with Gasteiger partial charge in [0, 0.05) is 42.1 Å². The van der Waals surface area contributed by atoms with E-state index in [0.717, 1.165) is 29.1 Å². The molecular formula is C24H28N2O4. The van der Waals surface area contributed by atoms with Crippen molar-refractivity contribution in [3.05, 3.63) is 65.5 Å². The lowest BCUT2D eigenvalue weighted by molar-refractivity contribution is -0.147. The molecule has 0 unspecified atom stereocenters. The summed E-state index contributed by atoms with van der Waals surface area (Å²) in [5.74, 6) is -1.42. The molecule has 0 spiro atoms. The number of aromatic nitrogens is 1. The number of hydrogen-bond donors (Lipinski definition) is 0. The van der Waals surface area contributed by atoms with Gasteiger partial charge in [-0.05, 0) is 38.0 Å². The Labute approximate surface area is 177 Å². The smallest absolute Gasteiger partial charge is 0.311 e. The Bertz CT molecular complexity index is 989. The van der Waals surface area contributed by atoms with E-state index in [4.69, 9.17) is 4.74 Å². The van der Waals surface area contributed by atoms with Gasteiger partial charge in [-0.2, -0.15) is 0 Å². The molecule has 30 heavy (non-hydrogen) atoms. The molecule has 1 amide bonds. The van der Waals surface area contributed by atoms with Gasteiger partial charge in [-0.3, -0.25) is 14.4 Å². The minimum absolute atomic E-state index is 0.0962. The molecule has 0 bridgehead atoms. The van der Waals surface area contributed by atoms with Crippen molar-refractivity contribution in [2.24, 2.45) is 5.92 Å². The number of Topliss-reactive ketones (excluding diaryl/α,β-unsaturated/α-hetero) is 1. The summed E-state index contributed by atoms with van der Waals surface area (Å²) in [5.41, 5.74) is 4.22. The molecule has 3 rings (SSSR count). The van der Waals surface area contributed by atoms with E-state index in [-0.39, 0.29) is 31.3 Å². The molecule has 1 aromatic heterocycles. The van der Waals surface area contributed by atoms with Gasteiger partial charge in [0.15, 0.2) is 6.61 Å². The zero-order chi connectivity index (χ0) is 21.8. The van der Waals surface area contributed by atoms with Gasteiger partial charge in [0.25, 0.3) is 0 Å². The van der Waals surface area contributed by atoms with Crippen LogP contribution < -0.4 is 4.90 Å². The highest BCUT2D eigenvalue weighted by atomic mass is 16.5. The van der Waals surface area contributed by atoms with Crippen molar-refractivity contribution in [3.63, 3.8) is 0 Å². The molecule has 0 N–H and O–H groups in total. The fourth-order valence-electron chi connectivity index (χ4n) is 4.00. The summed E-state index contributed by atoms with van der Waals surface area (Å²) in [4.78, 5) is 39.3. The molecule has 1 aliphatic rings. The molecule has 0 radical (unpaired) electrons. The Morgan fingerprint density at radius 2 is 2.00 bits per heavy atom. The first kappa shape index (κ1) is 21.6. The van der Waals surface area contributed by atoms with Crippen LogP contribution in [0.15, 0.2) is 43.0 Å². The number of rotatable bonds is 8. The first-order valence-corrected chi connectivity index (χ1v) is 10.2. The van der Waals surface area contributed by atoms with Crippen molar-refractivity contribution < 1.29 is 19.1 Å². The predicted molar refractivity (Wildman–Crippen MR) is 116 cm³/mol. The summed E-state index contributed by atoms with van der Waals surface area (Å²) >= 11 is 0. The maximum absolute atomic E-state index is 12.6. The van der Waals surface area contributed by atoms with Gasteiger partial charge in [-0.25, -0.2) is 0 Å². The summed E-state index contributed by atoms with van der Waals surface area (Å²) in [5, 5.41) is 0. The van der Waals surface area contributed by atoms with Gasteiger partial charge < -0.3 is 14.2 Å². The molecule has 1 atom stereocenters. The van der Waals surface area contributed by atoms with Gasteiger partial charge in [0.05, 0.1) is 5.92 Å². The van der Waals surface area contributed by atoms with Crippen LogP contribution in [-0.4, -0.2) is 35.4 Å². The third-order valence-corrected chi connectivity index (χ3v) is 5.65. The highest BCUT2D eigenvalue weighted by molar-refractivity contribution is 6.01. The van der Waals surface area contributed by atoms with Crippen LogP contribution in [0.1, 0.15) is 40.7 Å². The number of nitrogens with zero attached hydrogens (tertiary/aromatic N) is 2. The number of ether oxygens (including phenoxy) is 1. The standard InChI is InChI=1S/C24H28N2O4/c1-5-11-25-16(3)12-20(17(25)4)22(27)15-30-24(29)19-13-23(28)26(14-19)21-10-8-7-9-18(21)6-2/h5,7-10,12,19H,1,6,11,13-15H2,2-4H3/t19-/m0/s1. The summed E-state index contributed by atoms with van der Waals surface area (Å²) in [6.07, 6.45) is 2.67. The van der Waals surface area contributed by atoms with Crippen LogP contribution in [0.4, 0.5) is 5.69 Å². The van der Waals surface area contributed by atoms with Crippen LogP contribution >= 0.6 is 0 Å². The quantitative estimate of drug-likeness (QED) is 0.380. The number of esters is 1. The number of benzene rings is 1. The topological polar surface area (TPSA) is 68.6 Å². The second kappa shape index (κ2) is 9.11. The lowest BCUT2D eigenvalue weighted by atomic mass is 10.1. The van der Waals surface area contributed by atoms with Crippen molar-refractivity contribution in [2.45, 2.75) is 40.2 Å². The van der Waals surface area contributed by atoms with Crippen LogP contribution in [0, 0.1) is 19.8 Å². The molecule has 1 aromatic carbocycles. The zero-order valence-corrected chi connectivity index (χ0v) is 17.8. The molecule has 1 aliphatic heterocycles. The van der Waals surface area contributed by atoms with Gasteiger partial charge in [0.2, 0.25) is 11.7 Å². The Morgan fingerprint density at radius 3 is 2.70 bits per heavy atom. The number of anilines is 1. The minimum atomic E-state index is -0.566. The monoisotopic (exact) mass is 408 g/mol. The number of ketones is 1. The molecule has 6 heteroatoms. The van der Waals surface area contributed by atoms with E-state index in [0.29, 0.717) is 12.1 Å². The van der Waals surface area contributed by atoms with Crippen LogP contribution in [0.5, 0.6) is 0 Å². The number of hydrogen-bond acceptors (Lipinski definition) is 4. The van der Waals surface area contributed by atoms with E-state index in [1.807, 2.05) is 49.6 Å². The molecule has 2 heterocycles. The van der Waals surface area contributed by atoms with Crippen molar-refractivity contribution in [1.29, 1.82) is 0 Å². The molecule has 6 nitrogen and oxygen atoms in total. The largest absolute Gasteiger partial charge is 0.457 e. The van der Waals surface area contributed by atoms with E-state index >= 15 is 0 Å². The molecule has 1 fully saturated rings. The fraction of sp³-hybridized carbons (Fsp3) is 0.375. The highest BCUT2D eigenvalue weighted by Crippen LogP contribution is 2.29. The SMILES string of the molecule is C=CCn1c(C)cc(C(=O)COC(=O)[C@H]2CC(=O)N(c3ccccc3CC)C2)c1C. The molecule has 0 aliphatic carbocycles. The third-order valence-electron chi connectivity index (χ3n) is 5.65. The van der Waals surface area contributed by atoms with E-state index in [1.54, 1.807) is 17.0 Å². The minimum Gasteiger partial charge on any atom is -0.457 e. The molecule has 1 saturated heterocycles. The molecule has 0 saturated carbocycles. The maximum Gasteiger partial charge on any atom is 0.311 e. The van der Waals surface area contributed by atoms with E-state index in [9.17, 15) is 14.4 Å². The average molecular weight is 408 g/mol. The summed E-state index contributed by atoms with van der Waals surface area (Å²) in [6.45, 7) is 10.1. The summed E-state index contributed by atoms with van der Waals surface area (Å²) in [6, 6.07) is 9.50. The number of para-hydroxylation sites is 1. The van der Waals surface area contributed by atoms with E-state index < -0.39 is 11.9 Å². The molecular weight excluding hydrogens is 380 g/mol. The normalized spacial score (nSPS) is 16.0. The first-order valence-electron chi connectivity index (χ1n) is 10.2. The van der Waals surface area contributed by atoms with E-state index in [1.165, 1.54) is 0 Å². The second-order valence-corrected chi connectivity index (χ2v) is 7.60. The van der Waals surface area contributed by atoms with Gasteiger partial charge in [-0.1, -0.05) is 31.2 Å². The Hall–Kier alpha value is -3.15. The lowest BCUT2D eigenvalue weighted by Crippen LogP contribution is -2.28. The average Bonchev–Trinajstić information content (AvgIpc) is 3.26. The van der Waals surface area contributed by atoms with Crippen molar-refractivity contribution in [1.82, 2.24) is 4.57 Å². The van der Waals surface area contributed by atoms with Crippen molar-refractivity contribution in [3.8, 4) is 0 Å². The highest BCUT2D eigenvalue weighted by Gasteiger charge is 2.37. The Morgan fingerprint density at radius 1 is 1.27 bits per heavy atom. The zero-order valence-electron chi connectivity index (χ0n) is 17.8. The van der Waals surface area contributed by atoms with E-state index in [2.05, 4.69) is 6.58 Å². The number of carbonyl (C=O) groups is 3. The van der Waals surface area contributed by atoms with Crippen molar-refractivity contribution >= 4 is 23.3 Å². The first-order chi connectivity index (χ1) is 14.4. The van der Waals surface area contributed by atoms with Crippen LogP contribution in [0.2, 0.25) is 0 Å². The second-order valence-electron chi connectivity index (χ2n) is 7.60. The summed E-state index contributed by atoms with van der Waals surface area (Å²) < 4.78 is 7.29. The van der Waals surface area contributed by atoms with Gasteiger partial charge >= 0.3 is 5.97 Å². The van der Waals surface area contributed by atoms with Crippen LogP contribution in [0.25, 0.3) is 0 Å². The third kappa shape index (κ3) is 4.22.